The first-order valence-electron chi connectivity index (χ1n) is 4.72. The van der Waals surface area contributed by atoms with Gasteiger partial charge in [-0.15, -0.1) is 0 Å². The molecule has 0 aromatic heterocycles. The van der Waals surface area contributed by atoms with Gasteiger partial charge in [-0.2, -0.15) is 0 Å². The maximum atomic E-state index is 10.5. The number of halogens is 1. The van der Waals surface area contributed by atoms with Gasteiger partial charge in [0.15, 0.2) is 0 Å². The van der Waals surface area contributed by atoms with Crippen molar-refractivity contribution in [1.29, 1.82) is 0 Å². The molecule has 0 fully saturated rings. The third-order valence-corrected chi connectivity index (χ3v) is 2.26. The van der Waals surface area contributed by atoms with Gasteiger partial charge in [0.05, 0.1) is 12.0 Å². The van der Waals surface area contributed by atoms with E-state index in [-0.39, 0.29) is 12.2 Å². The highest BCUT2D eigenvalue weighted by atomic mass is 79.9. The fourth-order valence-electron chi connectivity index (χ4n) is 1.17. The fraction of sp³-hybridized carbons (Fsp3) is 0.250. The first-order chi connectivity index (χ1) is 7.63. The summed E-state index contributed by atoms with van der Waals surface area (Å²) in [4.78, 5) is 10.5. The minimum atomic E-state index is -0.898. The van der Waals surface area contributed by atoms with E-state index in [0.717, 1.165) is 5.33 Å². The monoisotopic (exact) mass is 282 g/mol. The summed E-state index contributed by atoms with van der Waals surface area (Å²) in [7, 11) is 0. The Morgan fingerprint density at radius 3 is 2.81 bits per heavy atom. The van der Waals surface area contributed by atoms with Gasteiger partial charge >= 0.3 is 5.97 Å². The van der Waals surface area contributed by atoms with Crippen LogP contribution in [0.25, 0.3) is 0 Å². The van der Waals surface area contributed by atoms with Gasteiger partial charge in [-0.05, 0) is 17.7 Å². The van der Waals surface area contributed by atoms with Crippen LogP contribution < -0.4 is 0 Å². The molecule has 1 aromatic carbocycles. The van der Waals surface area contributed by atoms with E-state index in [1.165, 1.54) is 6.07 Å². The van der Waals surface area contributed by atoms with E-state index >= 15 is 0 Å². The van der Waals surface area contributed by atoms with Crippen LogP contribution in [0.4, 0.5) is 0 Å². The van der Waals surface area contributed by atoms with Crippen molar-refractivity contribution >= 4 is 21.9 Å². The van der Waals surface area contributed by atoms with Crippen LogP contribution >= 0.6 is 15.9 Å². The highest BCUT2D eigenvalue weighted by molar-refractivity contribution is 9.09. The lowest BCUT2D eigenvalue weighted by atomic mass is 10.1. The van der Waals surface area contributed by atoms with Crippen LogP contribution in [0.3, 0.4) is 0 Å². The Morgan fingerprint density at radius 2 is 2.19 bits per heavy atom. The van der Waals surface area contributed by atoms with Gasteiger partial charge in [-0.25, -0.2) is 0 Å². The van der Waals surface area contributed by atoms with E-state index in [1.54, 1.807) is 12.1 Å². The van der Waals surface area contributed by atoms with Crippen LogP contribution in [0.2, 0.25) is 0 Å². The number of carboxylic acids is 1. The number of alkyl halides is 1. The minimum Gasteiger partial charge on any atom is -0.507 e. The number of aliphatic carboxylic acids is 1. The number of carbonyl (C=O) groups is 1. The van der Waals surface area contributed by atoms with E-state index in [2.05, 4.69) is 27.8 Å². The summed E-state index contributed by atoms with van der Waals surface area (Å²) in [6.07, 6.45) is 0.621. The molecule has 16 heavy (non-hydrogen) atoms. The van der Waals surface area contributed by atoms with Crippen LogP contribution in [0.15, 0.2) is 18.2 Å². The van der Waals surface area contributed by atoms with E-state index < -0.39 is 5.97 Å². The molecule has 0 aliphatic rings. The van der Waals surface area contributed by atoms with E-state index in [4.69, 9.17) is 5.11 Å². The van der Waals surface area contributed by atoms with E-state index in [1.807, 2.05) is 0 Å². The fourth-order valence-corrected chi connectivity index (χ4v) is 1.37. The number of carboxylic acid groups (broad SMARTS) is 1. The van der Waals surface area contributed by atoms with Crippen molar-refractivity contribution in [1.82, 2.24) is 0 Å². The van der Waals surface area contributed by atoms with E-state index in [0.29, 0.717) is 17.5 Å². The molecule has 0 amide bonds. The molecule has 0 unspecified atom stereocenters. The molecule has 0 saturated heterocycles. The van der Waals surface area contributed by atoms with Gasteiger partial charge < -0.3 is 10.2 Å². The maximum absolute atomic E-state index is 10.5. The standard InChI is InChI=1S/C12H11BrO3/c13-6-2-1-3-10-7-9(8-12(15)16)4-5-11(10)14/h4-5,7,14H,2,6,8H2,(H,15,16). The number of rotatable bonds is 3. The van der Waals surface area contributed by atoms with Crippen molar-refractivity contribution < 1.29 is 15.0 Å². The highest BCUT2D eigenvalue weighted by Crippen LogP contribution is 2.17. The number of phenols is 1. The maximum Gasteiger partial charge on any atom is 0.307 e. The Morgan fingerprint density at radius 1 is 1.44 bits per heavy atom. The summed E-state index contributed by atoms with van der Waals surface area (Å²) in [5.74, 6) is 4.85. The molecule has 1 aromatic rings. The smallest absolute Gasteiger partial charge is 0.307 e. The average molecular weight is 283 g/mol. The lowest BCUT2D eigenvalue weighted by Crippen LogP contribution is -2.00. The predicted molar refractivity (Wildman–Crippen MR) is 64.7 cm³/mol. The zero-order valence-electron chi connectivity index (χ0n) is 8.53. The van der Waals surface area contributed by atoms with Crippen LogP contribution in [0.1, 0.15) is 17.5 Å². The Balaban J connectivity index is 2.91. The molecule has 0 atom stereocenters. The van der Waals surface area contributed by atoms with Crippen LogP contribution in [-0.2, 0) is 11.2 Å². The molecule has 84 valence electrons. The van der Waals surface area contributed by atoms with E-state index in [9.17, 15) is 9.90 Å². The summed E-state index contributed by atoms with van der Waals surface area (Å²) in [6.45, 7) is 0. The van der Waals surface area contributed by atoms with Gasteiger partial charge in [-0.3, -0.25) is 4.79 Å². The first kappa shape index (κ1) is 12.6. The Kier molecular flexibility index (Phi) is 4.87. The van der Waals surface area contributed by atoms with Crippen LogP contribution in [0.5, 0.6) is 5.75 Å². The third-order valence-electron chi connectivity index (χ3n) is 1.86. The molecular weight excluding hydrogens is 272 g/mol. The largest absolute Gasteiger partial charge is 0.507 e. The number of aromatic hydroxyl groups is 1. The third kappa shape index (κ3) is 3.95. The lowest BCUT2D eigenvalue weighted by Gasteiger charge is -2.00. The summed E-state index contributed by atoms with van der Waals surface area (Å²) < 4.78 is 0. The SMILES string of the molecule is O=C(O)Cc1ccc(O)c(C#CCCBr)c1. The molecular formula is C12H11BrO3. The second kappa shape index (κ2) is 6.19. The molecule has 1 rings (SSSR count). The zero-order chi connectivity index (χ0) is 12.0. The topological polar surface area (TPSA) is 57.5 Å². The first-order valence-corrected chi connectivity index (χ1v) is 5.84. The van der Waals surface area contributed by atoms with Gasteiger partial charge in [0, 0.05) is 11.8 Å². The van der Waals surface area contributed by atoms with Gasteiger partial charge in [0.1, 0.15) is 5.75 Å². The predicted octanol–water partition coefficient (Wildman–Crippen LogP) is 2.16. The molecule has 0 aliphatic heterocycles. The quantitative estimate of drug-likeness (QED) is 0.660. The van der Waals surface area contributed by atoms with Gasteiger partial charge in [0.2, 0.25) is 0 Å². The lowest BCUT2D eigenvalue weighted by molar-refractivity contribution is -0.136. The molecule has 0 radical (unpaired) electrons. The van der Waals surface area contributed by atoms with Crippen LogP contribution in [-0.4, -0.2) is 21.5 Å². The number of hydrogen-bond donors (Lipinski definition) is 2. The van der Waals surface area contributed by atoms with Crippen molar-refractivity contribution in [2.75, 3.05) is 5.33 Å². The summed E-state index contributed by atoms with van der Waals surface area (Å²) >= 11 is 3.25. The highest BCUT2D eigenvalue weighted by Gasteiger charge is 2.03. The van der Waals surface area contributed by atoms with Crippen molar-refractivity contribution in [2.24, 2.45) is 0 Å². The number of benzene rings is 1. The Hall–Kier alpha value is -1.47. The van der Waals surface area contributed by atoms with Crippen molar-refractivity contribution in [2.45, 2.75) is 12.8 Å². The van der Waals surface area contributed by atoms with Crippen molar-refractivity contribution in [3.05, 3.63) is 29.3 Å². The minimum absolute atomic E-state index is 0.0621. The molecule has 0 aliphatic carbocycles. The summed E-state index contributed by atoms with van der Waals surface area (Å²) in [5, 5.41) is 18.9. The molecule has 0 heterocycles. The normalized spacial score (nSPS) is 9.31. The molecule has 0 spiro atoms. The number of phenolic OH excluding ortho intramolecular Hbond substituents is 1. The summed E-state index contributed by atoms with van der Waals surface area (Å²) in [5.41, 5.74) is 1.10. The Labute approximate surface area is 102 Å². The Bertz CT molecular complexity index is 443. The molecule has 0 saturated carbocycles. The number of hydrogen-bond acceptors (Lipinski definition) is 2. The van der Waals surface area contributed by atoms with Crippen LogP contribution in [0, 0.1) is 11.8 Å². The second-order valence-electron chi connectivity index (χ2n) is 3.16. The van der Waals surface area contributed by atoms with Crippen molar-refractivity contribution in [3.63, 3.8) is 0 Å². The zero-order valence-corrected chi connectivity index (χ0v) is 10.1. The summed E-state index contributed by atoms with van der Waals surface area (Å²) in [6, 6.07) is 4.65. The van der Waals surface area contributed by atoms with Crippen molar-refractivity contribution in [3.8, 4) is 17.6 Å². The van der Waals surface area contributed by atoms with Gasteiger partial charge in [0.25, 0.3) is 0 Å². The average Bonchev–Trinajstić information content (AvgIpc) is 2.22. The second-order valence-corrected chi connectivity index (χ2v) is 3.96. The van der Waals surface area contributed by atoms with Gasteiger partial charge in [-0.1, -0.05) is 33.8 Å². The molecule has 0 bridgehead atoms. The molecule has 4 heteroatoms. The molecule has 3 nitrogen and oxygen atoms in total. The molecule has 2 N–H and O–H groups in total.